The van der Waals surface area contributed by atoms with Gasteiger partial charge in [0.05, 0.1) is 22.7 Å². The third kappa shape index (κ3) is 5.87. The molecule has 2 amide bonds. The Hall–Kier alpha value is -3.29. The fourth-order valence-corrected chi connectivity index (χ4v) is 3.12. The van der Waals surface area contributed by atoms with Gasteiger partial charge in [0.2, 0.25) is 0 Å². The van der Waals surface area contributed by atoms with E-state index in [1.165, 1.54) is 7.11 Å². The van der Waals surface area contributed by atoms with E-state index in [1.807, 2.05) is 0 Å². The maximum absolute atomic E-state index is 13.7. The summed E-state index contributed by atoms with van der Waals surface area (Å²) in [6, 6.07) is 15.5. The molecule has 0 aliphatic carbocycles. The van der Waals surface area contributed by atoms with Crippen molar-refractivity contribution >= 4 is 46.4 Å². The average Bonchev–Trinajstić information content (AvgIpc) is 2.75. The van der Waals surface area contributed by atoms with E-state index in [-0.39, 0.29) is 22.2 Å². The zero-order valence-electron chi connectivity index (χ0n) is 16.2. The molecular formula is C22H17Cl2FN2O4. The van der Waals surface area contributed by atoms with Crippen molar-refractivity contribution in [1.82, 2.24) is 0 Å². The monoisotopic (exact) mass is 462 g/mol. The van der Waals surface area contributed by atoms with Crippen LogP contribution >= 0.6 is 23.2 Å². The third-order valence-corrected chi connectivity index (χ3v) is 4.69. The number of carbonyl (C=O) groups excluding carboxylic acids is 2. The third-order valence-electron chi connectivity index (χ3n) is 4.09. The van der Waals surface area contributed by atoms with Crippen molar-refractivity contribution < 1.29 is 23.5 Å². The number of halogens is 3. The molecule has 9 heteroatoms. The first-order valence-electron chi connectivity index (χ1n) is 8.99. The molecule has 0 aliphatic heterocycles. The Balaban J connectivity index is 1.63. The molecule has 6 nitrogen and oxygen atoms in total. The van der Waals surface area contributed by atoms with Crippen LogP contribution in [0.15, 0.2) is 60.7 Å². The van der Waals surface area contributed by atoms with Gasteiger partial charge in [-0.15, -0.1) is 0 Å². The van der Waals surface area contributed by atoms with Gasteiger partial charge >= 0.3 is 0 Å². The van der Waals surface area contributed by atoms with Gasteiger partial charge in [-0.2, -0.15) is 0 Å². The second kappa shape index (κ2) is 10.1. The smallest absolute Gasteiger partial charge is 0.262 e. The quantitative estimate of drug-likeness (QED) is 0.460. The zero-order valence-corrected chi connectivity index (χ0v) is 17.8. The number of nitrogens with one attached hydrogen (secondary N) is 2. The van der Waals surface area contributed by atoms with Crippen LogP contribution in [0.5, 0.6) is 11.5 Å². The van der Waals surface area contributed by atoms with Crippen LogP contribution in [-0.4, -0.2) is 25.5 Å². The molecule has 0 saturated heterocycles. The Labute approximate surface area is 187 Å². The van der Waals surface area contributed by atoms with Crippen LogP contribution in [0.4, 0.5) is 15.8 Å². The average molecular weight is 463 g/mol. The molecule has 0 bridgehead atoms. The molecule has 0 spiro atoms. The number of benzene rings is 3. The highest BCUT2D eigenvalue weighted by Crippen LogP contribution is 2.27. The minimum Gasteiger partial charge on any atom is -0.493 e. The van der Waals surface area contributed by atoms with E-state index in [9.17, 15) is 14.0 Å². The Kier molecular flexibility index (Phi) is 7.33. The van der Waals surface area contributed by atoms with Gasteiger partial charge in [-0.1, -0.05) is 41.4 Å². The van der Waals surface area contributed by atoms with Crippen molar-refractivity contribution in [2.24, 2.45) is 0 Å². The summed E-state index contributed by atoms with van der Waals surface area (Å²) < 4.78 is 24.3. The number of carbonyl (C=O) groups is 2. The van der Waals surface area contributed by atoms with Gasteiger partial charge in [0, 0.05) is 11.4 Å². The van der Waals surface area contributed by atoms with E-state index in [1.54, 1.807) is 48.5 Å². The number of methoxy groups -OCH3 is 1. The number of rotatable bonds is 7. The van der Waals surface area contributed by atoms with Crippen LogP contribution in [0, 0.1) is 5.82 Å². The molecule has 0 saturated carbocycles. The van der Waals surface area contributed by atoms with E-state index >= 15 is 0 Å². The normalized spacial score (nSPS) is 10.3. The SMILES string of the molecule is COc1ccccc1OCC(=O)Nc1cccc(NC(=O)c2cc(F)c(Cl)cc2Cl)c1. The van der Waals surface area contributed by atoms with Gasteiger partial charge in [0.1, 0.15) is 5.82 Å². The predicted octanol–water partition coefficient (Wildman–Crippen LogP) is 5.41. The Bertz CT molecular complexity index is 1120. The van der Waals surface area contributed by atoms with Gasteiger partial charge in [-0.05, 0) is 42.5 Å². The van der Waals surface area contributed by atoms with Gasteiger partial charge in [0.15, 0.2) is 18.1 Å². The second-order valence-electron chi connectivity index (χ2n) is 6.27. The van der Waals surface area contributed by atoms with E-state index in [2.05, 4.69) is 10.6 Å². The van der Waals surface area contributed by atoms with Crippen LogP contribution in [0.2, 0.25) is 10.0 Å². The first-order valence-corrected chi connectivity index (χ1v) is 9.74. The lowest BCUT2D eigenvalue weighted by Crippen LogP contribution is -2.20. The van der Waals surface area contributed by atoms with Crippen LogP contribution < -0.4 is 20.1 Å². The molecule has 0 atom stereocenters. The first-order chi connectivity index (χ1) is 14.9. The lowest BCUT2D eigenvalue weighted by Gasteiger charge is -2.12. The van der Waals surface area contributed by atoms with Crippen LogP contribution in [0.3, 0.4) is 0 Å². The summed E-state index contributed by atoms with van der Waals surface area (Å²) in [6.07, 6.45) is 0. The minimum atomic E-state index is -0.757. The molecule has 0 unspecified atom stereocenters. The summed E-state index contributed by atoms with van der Waals surface area (Å²) in [6.45, 7) is -0.239. The fourth-order valence-electron chi connectivity index (χ4n) is 2.65. The van der Waals surface area contributed by atoms with Crippen LogP contribution in [-0.2, 0) is 4.79 Å². The second-order valence-corrected chi connectivity index (χ2v) is 7.08. The lowest BCUT2D eigenvalue weighted by atomic mass is 10.2. The predicted molar refractivity (Wildman–Crippen MR) is 118 cm³/mol. The van der Waals surface area contributed by atoms with Gasteiger partial charge in [-0.25, -0.2) is 4.39 Å². The van der Waals surface area contributed by atoms with E-state index in [4.69, 9.17) is 32.7 Å². The van der Waals surface area contributed by atoms with Gasteiger partial charge in [-0.3, -0.25) is 9.59 Å². The number of ether oxygens (including phenoxy) is 2. The van der Waals surface area contributed by atoms with Crippen molar-refractivity contribution in [3.8, 4) is 11.5 Å². The van der Waals surface area contributed by atoms with E-state index < -0.39 is 17.6 Å². The first kappa shape index (κ1) is 22.4. The number of amides is 2. The molecule has 3 rings (SSSR count). The van der Waals surface area contributed by atoms with Gasteiger partial charge in [0.25, 0.3) is 11.8 Å². The molecule has 0 fully saturated rings. The number of hydrogen-bond acceptors (Lipinski definition) is 4. The highest BCUT2D eigenvalue weighted by molar-refractivity contribution is 6.37. The topological polar surface area (TPSA) is 76.7 Å². The molecule has 0 heterocycles. The summed E-state index contributed by atoms with van der Waals surface area (Å²) in [5.41, 5.74) is 0.739. The minimum absolute atomic E-state index is 0.0156. The van der Waals surface area contributed by atoms with Crippen LogP contribution in [0.1, 0.15) is 10.4 Å². The Morgan fingerprint density at radius 2 is 1.58 bits per heavy atom. The summed E-state index contributed by atoms with van der Waals surface area (Å²) in [5, 5.41) is 5.11. The van der Waals surface area contributed by atoms with Gasteiger partial charge < -0.3 is 20.1 Å². The number of hydrogen-bond donors (Lipinski definition) is 2. The molecule has 2 N–H and O–H groups in total. The van der Waals surface area contributed by atoms with Crippen molar-refractivity contribution in [3.05, 3.63) is 82.1 Å². The number of para-hydroxylation sites is 2. The molecular weight excluding hydrogens is 446 g/mol. The molecule has 3 aromatic carbocycles. The Morgan fingerprint density at radius 1 is 0.903 bits per heavy atom. The molecule has 0 aromatic heterocycles. The molecule has 0 radical (unpaired) electrons. The summed E-state index contributed by atoms with van der Waals surface area (Å²) in [4.78, 5) is 24.6. The lowest BCUT2D eigenvalue weighted by molar-refractivity contribution is -0.118. The summed E-state index contributed by atoms with van der Waals surface area (Å²) >= 11 is 11.6. The summed E-state index contributed by atoms with van der Waals surface area (Å²) in [7, 11) is 1.51. The fraction of sp³-hybridized carbons (Fsp3) is 0.0909. The van der Waals surface area contributed by atoms with E-state index in [0.29, 0.717) is 22.9 Å². The molecule has 160 valence electrons. The Morgan fingerprint density at radius 3 is 2.29 bits per heavy atom. The van der Waals surface area contributed by atoms with E-state index in [0.717, 1.165) is 12.1 Å². The molecule has 0 aliphatic rings. The highest BCUT2D eigenvalue weighted by Gasteiger charge is 2.15. The highest BCUT2D eigenvalue weighted by atomic mass is 35.5. The largest absolute Gasteiger partial charge is 0.493 e. The maximum atomic E-state index is 13.7. The van der Waals surface area contributed by atoms with Crippen molar-refractivity contribution in [2.45, 2.75) is 0 Å². The molecule has 31 heavy (non-hydrogen) atoms. The maximum Gasteiger partial charge on any atom is 0.262 e. The summed E-state index contributed by atoms with van der Waals surface area (Å²) in [5.74, 6) is -0.835. The number of anilines is 2. The van der Waals surface area contributed by atoms with Crippen molar-refractivity contribution in [3.63, 3.8) is 0 Å². The standard InChI is InChI=1S/C22H17Cl2FN2O4/c1-30-19-7-2-3-8-20(19)31-12-21(28)26-13-5-4-6-14(9-13)27-22(29)15-10-18(25)17(24)11-16(15)23/h2-11H,12H2,1H3,(H,26,28)(H,27,29). The van der Waals surface area contributed by atoms with Crippen LogP contribution in [0.25, 0.3) is 0 Å². The van der Waals surface area contributed by atoms with Crippen molar-refractivity contribution in [1.29, 1.82) is 0 Å². The zero-order chi connectivity index (χ0) is 22.4. The van der Waals surface area contributed by atoms with Crippen molar-refractivity contribution in [2.75, 3.05) is 24.4 Å². The molecule has 3 aromatic rings.